The van der Waals surface area contributed by atoms with Gasteiger partial charge < -0.3 is 39.4 Å². The van der Waals surface area contributed by atoms with Crippen LogP contribution in [0.2, 0.25) is 0 Å². The van der Waals surface area contributed by atoms with Gasteiger partial charge >= 0.3 is 23.9 Å². The largest absolute Gasteiger partial charge is 0.480 e. The average molecular weight is 977 g/mol. The Kier molecular flexibility index (Phi) is 10.2. The van der Waals surface area contributed by atoms with Gasteiger partial charge in [-0.25, -0.2) is 0 Å². The summed E-state index contributed by atoms with van der Waals surface area (Å²) >= 11 is 0. The van der Waals surface area contributed by atoms with Crippen molar-refractivity contribution in [2.75, 3.05) is 131 Å². The van der Waals surface area contributed by atoms with Crippen LogP contribution in [0.4, 0.5) is 0 Å². The SMILES string of the molecule is O=C(O)CN(CCOCCOCCN1CC2c3cc4c5c6c7c8c9c%10c(cc%11c9c9c(cc(c%12c9c8c5c3-%12)C2C1)C%11)C=CC1(C=C6C4)CN(CCOCCOCCN(CC(=O)O)CC(=O)O)CC%1071)CC(=O)O. The molecule has 5 aromatic carbocycles. The van der Waals surface area contributed by atoms with Gasteiger partial charge in [0.2, 0.25) is 0 Å². The minimum absolute atomic E-state index is 0.191. The molecular weight excluding hydrogens is 921 g/mol. The highest BCUT2D eigenvalue weighted by Crippen LogP contribution is 2.74. The van der Waals surface area contributed by atoms with E-state index in [9.17, 15) is 19.2 Å². The van der Waals surface area contributed by atoms with Crippen LogP contribution in [0.1, 0.15) is 61.9 Å². The molecule has 372 valence electrons. The van der Waals surface area contributed by atoms with E-state index in [4.69, 9.17) is 39.4 Å². The summed E-state index contributed by atoms with van der Waals surface area (Å²) in [7, 11) is 0. The van der Waals surface area contributed by atoms with Crippen molar-refractivity contribution in [2.24, 2.45) is 5.41 Å². The Hall–Kier alpha value is -5.82. The number of carbonyl (C=O) groups is 4. The maximum absolute atomic E-state index is 11.2. The van der Waals surface area contributed by atoms with E-state index in [0.29, 0.717) is 51.5 Å². The summed E-state index contributed by atoms with van der Waals surface area (Å²) in [6.07, 6.45) is 9.64. The monoisotopic (exact) mass is 976 g/mol. The van der Waals surface area contributed by atoms with Crippen molar-refractivity contribution in [3.05, 3.63) is 80.4 Å². The molecule has 0 aromatic heterocycles. The maximum atomic E-state index is 11.2. The number of rotatable bonds is 26. The Bertz CT molecular complexity index is 3350. The molecule has 0 saturated carbocycles. The van der Waals surface area contributed by atoms with Crippen molar-refractivity contribution >= 4 is 78.6 Å². The zero-order valence-electron chi connectivity index (χ0n) is 40.0. The third-order valence-electron chi connectivity index (χ3n) is 17.8. The first kappa shape index (κ1) is 44.8. The Balaban J connectivity index is 0.726. The van der Waals surface area contributed by atoms with Crippen molar-refractivity contribution in [3.8, 4) is 11.1 Å². The van der Waals surface area contributed by atoms with Gasteiger partial charge in [0.1, 0.15) is 0 Å². The molecule has 2 heterocycles. The van der Waals surface area contributed by atoms with E-state index >= 15 is 0 Å². The van der Waals surface area contributed by atoms with Gasteiger partial charge in [-0.1, -0.05) is 36.4 Å². The Morgan fingerprint density at radius 3 is 1.65 bits per heavy atom. The average Bonchev–Trinajstić information content (AvgIpc) is 4.17. The van der Waals surface area contributed by atoms with Gasteiger partial charge in [-0.2, -0.15) is 0 Å². The fourth-order valence-corrected chi connectivity index (χ4v) is 15.6. The number of aliphatic carboxylic acids is 4. The maximum Gasteiger partial charge on any atom is 0.317 e. The van der Waals surface area contributed by atoms with Gasteiger partial charge in [-0.05, 0) is 123 Å². The smallest absolute Gasteiger partial charge is 0.317 e. The fraction of sp³-hybridized carbons (Fsp3) is 0.464. The molecular formula is C56H56N4O12. The molecule has 16 heteroatoms. The normalized spacial score (nSPS) is 23.4. The van der Waals surface area contributed by atoms with Gasteiger partial charge in [-0.3, -0.25) is 38.8 Å². The minimum Gasteiger partial charge on any atom is -0.480 e. The van der Waals surface area contributed by atoms with Gasteiger partial charge in [0.05, 0.1) is 79.0 Å². The zero-order chi connectivity index (χ0) is 48.9. The van der Waals surface area contributed by atoms with Gasteiger partial charge in [0.15, 0.2) is 0 Å². The molecule has 2 fully saturated rings. The van der Waals surface area contributed by atoms with E-state index in [0.717, 1.165) is 52.1 Å². The summed E-state index contributed by atoms with van der Waals surface area (Å²) in [6, 6.07) is 7.81. The Morgan fingerprint density at radius 2 is 1.06 bits per heavy atom. The lowest BCUT2D eigenvalue weighted by Gasteiger charge is -2.47. The highest BCUT2D eigenvalue weighted by atomic mass is 16.5. The first-order valence-electron chi connectivity index (χ1n) is 25.5. The number of hydrogen-bond acceptors (Lipinski definition) is 12. The van der Waals surface area contributed by atoms with Crippen LogP contribution in [0.15, 0.2) is 30.4 Å². The second-order valence-electron chi connectivity index (χ2n) is 21.7. The second kappa shape index (κ2) is 16.3. The van der Waals surface area contributed by atoms with E-state index in [2.05, 4.69) is 46.2 Å². The van der Waals surface area contributed by atoms with Gasteiger partial charge in [0.25, 0.3) is 0 Å². The third kappa shape index (κ3) is 6.27. The molecule has 0 amide bonds. The first-order chi connectivity index (χ1) is 34.9. The van der Waals surface area contributed by atoms with Crippen LogP contribution in [-0.2, 0) is 56.4 Å². The van der Waals surface area contributed by atoms with E-state index in [1.807, 2.05) is 0 Å². The van der Waals surface area contributed by atoms with E-state index in [1.54, 1.807) is 16.5 Å². The summed E-state index contributed by atoms with van der Waals surface area (Å²) in [4.78, 5) is 52.6. The molecule has 14 rings (SSSR count). The van der Waals surface area contributed by atoms with Gasteiger partial charge in [-0.15, -0.1) is 0 Å². The quantitative estimate of drug-likeness (QED) is 0.0435. The number of allylic oxidation sites excluding steroid dienone is 1. The topological polar surface area (TPSA) is 199 Å². The summed E-state index contributed by atoms with van der Waals surface area (Å²) in [5.41, 5.74) is 17.7. The number of nitrogens with zero attached hydrogens (tertiary/aromatic N) is 4. The molecule has 9 aliphatic rings. The zero-order valence-corrected chi connectivity index (χ0v) is 40.0. The number of fused-ring (bicyclic) bond motifs is 3. The van der Waals surface area contributed by atoms with Crippen LogP contribution >= 0.6 is 0 Å². The van der Waals surface area contributed by atoms with E-state index in [1.165, 1.54) is 103 Å². The first-order valence-corrected chi connectivity index (χ1v) is 25.5. The van der Waals surface area contributed by atoms with Crippen molar-refractivity contribution in [1.29, 1.82) is 0 Å². The predicted molar refractivity (Wildman–Crippen MR) is 267 cm³/mol. The number of carboxylic acid groups (broad SMARTS) is 4. The van der Waals surface area contributed by atoms with Crippen LogP contribution in [0.5, 0.6) is 0 Å². The molecule has 2 aliphatic heterocycles. The summed E-state index contributed by atoms with van der Waals surface area (Å²) < 4.78 is 23.7. The molecule has 7 aliphatic carbocycles. The molecule has 0 radical (unpaired) electrons. The molecule has 5 aromatic rings. The second-order valence-corrected chi connectivity index (χ2v) is 21.7. The van der Waals surface area contributed by atoms with Crippen molar-refractivity contribution in [2.45, 2.75) is 30.1 Å². The van der Waals surface area contributed by atoms with Crippen LogP contribution in [0.3, 0.4) is 0 Å². The lowest BCUT2D eigenvalue weighted by Crippen LogP contribution is -2.46. The van der Waals surface area contributed by atoms with Crippen molar-refractivity contribution in [1.82, 2.24) is 19.6 Å². The highest BCUT2D eigenvalue weighted by molar-refractivity contribution is 6.46. The fourth-order valence-electron chi connectivity index (χ4n) is 15.6. The summed E-state index contributed by atoms with van der Waals surface area (Å²) in [6.45, 7) is 7.55. The molecule has 4 N–H and O–H groups in total. The van der Waals surface area contributed by atoms with Crippen LogP contribution in [0.25, 0.3) is 65.9 Å². The number of likely N-dealkylation sites (tertiary alicyclic amines) is 2. The molecule has 72 heavy (non-hydrogen) atoms. The summed E-state index contributed by atoms with van der Waals surface area (Å²) in [5, 5.41) is 48.7. The Morgan fingerprint density at radius 1 is 0.542 bits per heavy atom. The molecule has 16 nitrogen and oxygen atoms in total. The third-order valence-corrected chi connectivity index (χ3v) is 17.8. The molecule has 4 atom stereocenters. The van der Waals surface area contributed by atoms with Crippen molar-refractivity contribution < 1.29 is 58.6 Å². The number of carboxylic acids is 4. The van der Waals surface area contributed by atoms with E-state index < -0.39 is 23.9 Å². The van der Waals surface area contributed by atoms with E-state index in [-0.39, 0.29) is 63.3 Å². The standard InChI is InChI=1S/C56H56N4O12/c61-38(62)23-58(24-39(63)64)4-8-70-12-11-69-7-3-57-21-36-34-18-31-16-30-15-29-1-2-55-20-33-17-32-19-35(37(36)22-57)47-46(34)48-42(31)43(30)51-52-50(48)49(47)44(32)45(33)54(52)56(55,53(29)51)28-60(27-55)6-10-72-14-13-71-9-5-59(25-40(65)66)26-41(67)68/h1-2,15,18-20,36-37H,3-14,16-17,21-28H2,(H,61,62)(H,63,64)(H,65,66)(H,67,68). The molecule has 0 bridgehead atoms. The lowest BCUT2D eigenvalue weighted by molar-refractivity contribution is -0.144. The number of hydrogen-bond donors (Lipinski definition) is 4. The van der Waals surface area contributed by atoms with Crippen LogP contribution in [0, 0.1) is 5.41 Å². The number of benzene rings is 5. The van der Waals surface area contributed by atoms with Gasteiger partial charge in [0, 0.05) is 75.0 Å². The molecule has 4 unspecified atom stereocenters. The summed E-state index contributed by atoms with van der Waals surface area (Å²) in [5.74, 6) is -3.50. The molecule has 1 spiro atoms. The highest BCUT2D eigenvalue weighted by Gasteiger charge is 2.66. The van der Waals surface area contributed by atoms with Crippen molar-refractivity contribution in [3.63, 3.8) is 0 Å². The minimum atomic E-state index is -1.07. The molecule has 2 saturated heterocycles. The Labute approximate surface area is 413 Å². The lowest BCUT2D eigenvalue weighted by atomic mass is 9.53. The van der Waals surface area contributed by atoms with Crippen LogP contribution in [-0.4, -0.2) is 195 Å². The predicted octanol–water partition coefficient (Wildman–Crippen LogP) is 4.57. The number of ether oxygens (including phenoxy) is 4. The van der Waals surface area contributed by atoms with Crippen LogP contribution < -0.4 is 0 Å².